The molecule has 0 spiro atoms. The quantitative estimate of drug-likeness (QED) is 0.142. The first-order valence-electron chi connectivity index (χ1n) is 10.2. The molecule has 2 aromatic heterocycles. The fraction of sp³-hybridized carbons (Fsp3) is 0. The maximum atomic E-state index is 13.1. The van der Waals surface area contributed by atoms with E-state index in [0.29, 0.717) is 11.4 Å². The van der Waals surface area contributed by atoms with E-state index in [1.165, 1.54) is 24.3 Å². The zero-order valence-corrected chi connectivity index (χ0v) is 20.6. The number of hydrogen-bond acceptors (Lipinski definition) is 0. The summed E-state index contributed by atoms with van der Waals surface area (Å²) >= 11 is 0. The van der Waals surface area contributed by atoms with Gasteiger partial charge in [0.2, 0.25) is 0 Å². The summed E-state index contributed by atoms with van der Waals surface area (Å²) in [6.07, 6.45) is 6.74. The van der Waals surface area contributed by atoms with Crippen molar-refractivity contribution in [3.05, 3.63) is 169 Å². The van der Waals surface area contributed by atoms with Crippen LogP contribution in [0.15, 0.2) is 85.5 Å². The second-order valence-electron chi connectivity index (χ2n) is 6.56. The maximum Gasteiger partial charge on any atom is 0.0368 e. The normalized spacial score (nSPS) is 9.41. The van der Waals surface area contributed by atoms with Crippen LogP contribution in [0.25, 0.3) is 11.4 Å². The summed E-state index contributed by atoms with van der Waals surface area (Å²) in [5.74, 6) is -2.74. The van der Waals surface area contributed by atoms with E-state index in [4.69, 9.17) is 0 Å². The van der Waals surface area contributed by atoms with Crippen LogP contribution >= 0.6 is 0 Å². The van der Waals surface area contributed by atoms with Crippen molar-refractivity contribution in [3.8, 4) is 11.4 Å². The molecule has 2 nitrogen and oxygen atoms in total. The summed E-state index contributed by atoms with van der Waals surface area (Å²) in [5, 5.41) is 0. The molecule has 0 N–H and O–H groups in total. The standard InChI is InChI=1S/2C10H6F2N.2C5H.Ti/c2*11-8-3-4-10(9(12)7-8)13-5-1-2-6-13;2*1-2-4-5-3-1;/h2*1-6H;2*1H;/q2*-1;2*-5;. The van der Waals surface area contributed by atoms with Crippen LogP contribution in [0.1, 0.15) is 0 Å². The van der Waals surface area contributed by atoms with Gasteiger partial charge < -0.3 is 69.8 Å². The van der Waals surface area contributed by atoms with Crippen LogP contribution in [0.5, 0.6) is 0 Å². The fourth-order valence-corrected chi connectivity index (χ4v) is 2.62. The average molecular weight is 526 g/mol. The summed E-state index contributed by atoms with van der Waals surface area (Å²) in [7, 11) is 0. The van der Waals surface area contributed by atoms with Gasteiger partial charge >= 0.3 is 0 Å². The molecule has 6 rings (SSSR count). The summed E-state index contributed by atoms with van der Waals surface area (Å²) in [4.78, 5) is 0. The summed E-state index contributed by atoms with van der Waals surface area (Å²) < 4.78 is 54.3. The smallest absolute Gasteiger partial charge is 0.0368 e. The van der Waals surface area contributed by atoms with Crippen LogP contribution in [0.4, 0.5) is 17.6 Å². The molecule has 0 unspecified atom stereocenters. The van der Waals surface area contributed by atoms with Gasteiger partial charge in [-0.25, -0.2) is 17.6 Å². The van der Waals surface area contributed by atoms with Gasteiger partial charge in [0.1, 0.15) is 0 Å². The first-order chi connectivity index (χ1) is 17.5. The molecule has 7 heteroatoms. The third-order valence-corrected chi connectivity index (χ3v) is 4.15. The van der Waals surface area contributed by atoms with Crippen LogP contribution in [-0.4, -0.2) is 9.13 Å². The Kier molecular flexibility index (Phi) is 12.7. The van der Waals surface area contributed by atoms with Gasteiger partial charge in [0.15, 0.2) is 0 Å². The Balaban J connectivity index is 0.000000187. The third-order valence-electron chi connectivity index (χ3n) is 4.15. The minimum atomic E-state index is -0.687. The van der Waals surface area contributed by atoms with E-state index in [2.05, 4.69) is 48.5 Å². The van der Waals surface area contributed by atoms with Crippen LogP contribution < -0.4 is 0 Å². The SMILES string of the molecule is Fc1[c-]c(F)c(-n2cccc2)cc1.Fc1[c-]c(F)c(-n2cccc2)cc1.[Ti].[c-]1[c-][c-][cH-][c-]1.[c-]1[c-][c-][cH-][c-]1. The first-order valence-corrected chi connectivity index (χ1v) is 10.2. The van der Waals surface area contributed by atoms with Gasteiger partial charge in [-0.1, -0.05) is 0 Å². The number of hydrogen-bond donors (Lipinski definition) is 0. The van der Waals surface area contributed by atoms with Gasteiger partial charge in [-0.3, -0.25) is 0 Å². The third kappa shape index (κ3) is 9.96. The van der Waals surface area contributed by atoms with E-state index in [1.54, 1.807) is 70.3 Å². The second-order valence-corrected chi connectivity index (χ2v) is 6.56. The number of rotatable bonds is 2. The molecule has 0 saturated heterocycles. The van der Waals surface area contributed by atoms with Crippen molar-refractivity contribution < 1.29 is 39.3 Å². The average Bonchev–Trinajstić information content (AvgIpc) is 3.69. The molecule has 188 valence electrons. The van der Waals surface area contributed by atoms with Crippen molar-refractivity contribution in [3.63, 3.8) is 0 Å². The van der Waals surface area contributed by atoms with Crippen molar-refractivity contribution in [1.82, 2.24) is 9.13 Å². The van der Waals surface area contributed by atoms with Crippen molar-refractivity contribution in [1.29, 1.82) is 0 Å². The van der Waals surface area contributed by atoms with Crippen LogP contribution in [0.2, 0.25) is 0 Å². The predicted molar refractivity (Wildman–Crippen MR) is 124 cm³/mol. The predicted octanol–water partition coefficient (Wildman–Crippen LogP) is 6.32. The number of aromatic nitrogens is 2. The molecule has 2 heterocycles. The second kappa shape index (κ2) is 16.0. The van der Waals surface area contributed by atoms with Gasteiger partial charge in [-0.15, -0.1) is 36.4 Å². The molecule has 0 saturated carbocycles. The molecule has 0 aliphatic rings. The molecular weight excluding hydrogens is 512 g/mol. The van der Waals surface area contributed by atoms with Gasteiger partial charge in [0, 0.05) is 45.0 Å². The van der Waals surface area contributed by atoms with E-state index < -0.39 is 23.3 Å². The topological polar surface area (TPSA) is 9.86 Å². The Hall–Kier alpha value is -3.87. The summed E-state index contributed by atoms with van der Waals surface area (Å²) in [6, 6.07) is 40.1. The molecule has 0 aliphatic heterocycles. The molecule has 4 aromatic carbocycles. The Morgan fingerprint density at radius 1 is 0.514 bits per heavy atom. The molecule has 37 heavy (non-hydrogen) atoms. The van der Waals surface area contributed by atoms with Crippen LogP contribution in [0.3, 0.4) is 0 Å². The summed E-state index contributed by atoms with van der Waals surface area (Å²) in [5.41, 5.74) is 0.595. The minimum Gasteiger partial charge on any atom is -0.999 e. The minimum absolute atomic E-state index is 0. The van der Waals surface area contributed by atoms with E-state index in [-0.39, 0.29) is 21.7 Å². The Morgan fingerprint density at radius 3 is 1.08 bits per heavy atom. The summed E-state index contributed by atoms with van der Waals surface area (Å²) in [6.45, 7) is 0. The van der Waals surface area contributed by atoms with Crippen LogP contribution in [0, 0.1) is 83.9 Å². The Labute approximate surface area is 228 Å². The van der Waals surface area contributed by atoms with E-state index >= 15 is 0 Å². The fourth-order valence-electron chi connectivity index (χ4n) is 2.62. The van der Waals surface area contributed by atoms with Gasteiger partial charge in [-0.2, -0.15) is 0 Å². The molecule has 6 aromatic rings. The maximum absolute atomic E-state index is 13.1. The molecule has 0 atom stereocenters. The number of benzene rings is 2. The Bertz CT molecular complexity index is 1220. The molecule has 0 aliphatic carbocycles. The molecule has 0 bridgehead atoms. The molecule has 0 fully saturated rings. The van der Waals surface area contributed by atoms with Crippen molar-refractivity contribution in [2.24, 2.45) is 0 Å². The van der Waals surface area contributed by atoms with Gasteiger partial charge in [0.05, 0.1) is 0 Å². The van der Waals surface area contributed by atoms with Crippen molar-refractivity contribution >= 4 is 0 Å². The monoisotopic (exact) mass is 526 g/mol. The zero-order valence-electron chi connectivity index (χ0n) is 19.0. The first kappa shape index (κ1) is 29.4. The molecule has 0 amide bonds. The number of nitrogens with zero attached hydrogens (tertiary/aromatic N) is 2. The zero-order chi connectivity index (χ0) is 25.6. The Morgan fingerprint density at radius 2 is 0.838 bits per heavy atom. The van der Waals surface area contributed by atoms with E-state index in [9.17, 15) is 17.6 Å². The van der Waals surface area contributed by atoms with Crippen molar-refractivity contribution in [2.45, 2.75) is 0 Å². The van der Waals surface area contributed by atoms with Crippen LogP contribution in [-0.2, 0) is 21.7 Å². The molecule has 0 radical (unpaired) electrons. The van der Waals surface area contributed by atoms with E-state index in [1.807, 2.05) is 12.1 Å². The van der Waals surface area contributed by atoms with E-state index in [0.717, 1.165) is 0 Å². The van der Waals surface area contributed by atoms with Gasteiger partial charge in [0.25, 0.3) is 0 Å². The van der Waals surface area contributed by atoms with Crippen molar-refractivity contribution in [2.75, 3.05) is 0 Å². The number of halogens is 4. The largest absolute Gasteiger partial charge is 0.999 e. The molecular formula is C30H14F4N2Ti-12. The van der Waals surface area contributed by atoms with Gasteiger partial charge in [-0.05, 0) is 60.4 Å².